The van der Waals surface area contributed by atoms with E-state index in [1.54, 1.807) is 12.4 Å². The van der Waals surface area contributed by atoms with Crippen LogP contribution in [0.1, 0.15) is 24.0 Å². The number of halogens is 1. The Kier molecular flexibility index (Phi) is 8.44. The molecule has 2 fully saturated rings. The zero-order chi connectivity index (χ0) is 20.8. The average molecular weight is 535 g/mol. The molecule has 0 atom stereocenters. The van der Waals surface area contributed by atoms with Gasteiger partial charge < -0.3 is 20.0 Å². The van der Waals surface area contributed by atoms with Crippen LogP contribution >= 0.6 is 24.0 Å². The number of likely N-dealkylation sites (tertiary alicyclic amines) is 1. The van der Waals surface area contributed by atoms with Gasteiger partial charge in [0.1, 0.15) is 0 Å². The van der Waals surface area contributed by atoms with E-state index in [0.29, 0.717) is 19.5 Å². The second-order valence-electron chi connectivity index (χ2n) is 7.61. The van der Waals surface area contributed by atoms with Crippen molar-refractivity contribution in [1.29, 1.82) is 0 Å². The highest BCUT2D eigenvalue weighted by molar-refractivity contribution is 14.0. The number of hydrogen-bond donors (Lipinski definition) is 1. The monoisotopic (exact) mass is 535 g/mol. The highest BCUT2D eigenvalue weighted by Gasteiger charge is 2.22. The van der Waals surface area contributed by atoms with Crippen molar-refractivity contribution in [3.05, 3.63) is 53.9 Å². The molecule has 1 aromatic heterocycles. The van der Waals surface area contributed by atoms with E-state index in [-0.39, 0.29) is 29.9 Å². The van der Waals surface area contributed by atoms with E-state index in [4.69, 9.17) is 0 Å². The minimum atomic E-state index is 0. The fourth-order valence-corrected chi connectivity index (χ4v) is 4.04. The topological polar surface area (TPSA) is 77.0 Å². The van der Waals surface area contributed by atoms with E-state index in [2.05, 4.69) is 42.2 Å². The maximum atomic E-state index is 12.0. The second kappa shape index (κ2) is 11.3. The Balaban J connectivity index is 0.00000272. The van der Waals surface area contributed by atoms with Gasteiger partial charge in [0.15, 0.2) is 5.96 Å². The van der Waals surface area contributed by atoms with Crippen molar-refractivity contribution in [2.45, 2.75) is 25.9 Å². The summed E-state index contributed by atoms with van der Waals surface area (Å²) in [7, 11) is 1.82. The van der Waals surface area contributed by atoms with E-state index < -0.39 is 0 Å². The summed E-state index contributed by atoms with van der Waals surface area (Å²) in [6, 6.07) is 10.2. The maximum absolute atomic E-state index is 12.0. The number of nitrogens with one attached hydrogen (secondary N) is 1. The number of amides is 1. The van der Waals surface area contributed by atoms with Gasteiger partial charge in [-0.25, -0.2) is 9.97 Å². The van der Waals surface area contributed by atoms with Gasteiger partial charge in [-0.05, 0) is 23.6 Å². The highest BCUT2D eigenvalue weighted by atomic mass is 127. The second-order valence-corrected chi connectivity index (χ2v) is 7.61. The van der Waals surface area contributed by atoms with Crippen molar-refractivity contribution in [3.63, 3.8) is 0 Å². The van der Waals surface area contributed by atoms with Gasteiger partial charge in [0.25, 0.3) is 0 Å². The molecule has 0 unspecified atom stereocenters. The molecule has 166 valence electrons. The van der Waals surface area contributed by atoms with Crippen LogP contribution in [0.4, 0.5) is 5.95 Å². The molecule has 3 heterocycles. The fourth-order valence-electron chi connectivity index (χ4n) is 4.04. The lowest BCUT2D eigenvalue weighted by Gasteiger charge is -2.36. The first kappa shape index (κ1) is 23.2. The van der Waals surface area contributed by atoms with E-state index in [0.717, 1.165) is 51.1 Å². The molecule has 2 saturated heterocycles. The van der Waals surface area contributed by atoms with Crippen molar-refractivity contribution in [2.75, 3.05) is 44.7 Å². The molecule has 0 saturated carbocycles. The fraction of sp³-hybridized carbons (Fsp3) is 0.455. The van der Waals surface area contributed by atoms with Gasteiger partial charge in [-0.2, -0.15) is 0 Å². The smallest absolute Gasteiger partial charge is 0.225 e. The summed E-state index contributed by atoms with van der Waals surface area (Å²) in [5, 5.41) is 3.51. The van der Waals surface area contributed by atoms with E-state index in [9.17, 15) is 4.79 Å². The Morgan fingerprint density at radius 1 is 1.03 bits per heavy atom. The summed E-state index contributed by atoms with van der Waals surface area (Å²) >= 11 is 0. The van der Waals surface area contributed by atoms with Crippen molar-refractivity contribution in [2.24, 2.45) is 4.99 Å². The van der Waals surface area contributed by atoms with Crippen LogP contribution in [0.3, 0.4) is 0 Å². The molecule has 9 heteroatoms. The number of carbonyl (C=O) groups excluding carboxylic acids is 1. The van der Waals surface area contributed by atoms with E-state index in [1.165, 1.54) is 11.1 Å². The summed E-state index contributed by atoms with van der Waals surface area (Å²) in [4.78, 5) is 31.6. The Labute approximate surface area is 200 Å². The van der Waals surface area contributed by atoms with Gasteiger partial charge >= 0.3 is 0 Å². The quantitative estimate of drug-likeness (QED) is 0.359. The number of rotatable bonds is 5. The molecule has 1 aromatic carbocycles. The summed E-state index contributed by atoms with van der Waals surface area (Å²) in [5.74, 6) is 1.94. The molecule has 1 N–H and O–H groups in total. The average Bonchev–Trinajstić information content (AvgIpc) is 3.20. The predicted octanol–water partition coefficient (Wildman–Crippen LogP) is 2.11. The Hall–Kier alpha value is -2.43. The molecule has 31 heavy (non-hydrogen) atoms. The zero-order valence-electron chi connectivity index (χ0n) is 17.9. The van der Waals surface area contributed by atoms with Gasteiger partial charge in [0, 0.05) is 71.7 Å². The highest BCUT2D eigenvalue weighted by Crippen LogP contribution is 2.17. The molecular formula is C22H30IN7O. The van der Waals surface area contributed by atoms with Crippen LogP contribution in [0.5, 0.6) is 0 Å². The van der Waals surface area contributed by atoms with Crippen LogP contribution < -0.4 is 10.2 Å². The number of nitrogens with zero attached hydrogens (tertiary/aromatic N) is 6. The van der Waals surface area contributed by atoms with Gasteiger partial charge in [-0.3, -0.25) is 9.79 Å². The number of benzene rings is 1. The number of carbonyl (C=O) groups is 1. The lowest BCUT2D eigenvalue weighted by Crippen LogP contribution is -2.52. The first-order chi connectivity index (χ1) is 14.7. The number of guanidine groups is 1. The standard InChI is InChI=1S/C22H29N7O.HI/c1-23-21(27-12-14-28(15-13-27)22-24-9-5-10-25-22)26-16-18-6-2-3-7-19(18)17-29-11-4-8-20(29)30;/h2-3,5-7,9-10H,4,8,11-17H2,1H3,(H,23,26);1H. The number of piperazine rings is 1. The maximum Gasteiger partial charge on any atom is 0.225 e. The molecule has 2 aliphatic heterocycles. The summed E-state index contributed by atoms with van der Waals surface area (Å²) in [5.41, 5.74) is 2.40. The van der Waals surface area contributed by atoms with Crippen molar-refractivity contribution >= 4 is 41.8 Å². The Morgan fingerprint density at radius 3 is 2.39 bits per heavy atom. The normalized spacial score (nSPS) is 17.0. The minimum Gasteiger partial charge on any atom is -0.352 e. The first-order valence-electron chi connectivity index (χ1n) is 10.6. The van der Waals surface area contributed by atoms with Gasteiger partial charge in [0.2, 0.25) is 11.9 Å². The van der Waals surface area contributed by atoms with E-state index in [1.807, 2.05) is 30.1 Å². The van der Waals surface area contributed by atoms with Crippen LogP contribution in [-0.2, 0) is 17.9 Å². The van der Waals surface area contributed by atoms with Crippen LogP contribution in [0, 0.1) is 0 Å². The van der Waals surface area contributed by atoms with Crippen LogP contribution in [0.15, 0.2) is 47.7 Å². The Morgan fingerprint density at radius 2 is 1.74 bits per heavy atom. The van der Waals surface area contributed by atoms with Gasteiger partial charge in [-0.1, -0.05) is 24.3 Å². The first-order valence-corrected chi connectivity index (χ1v) is 10.6. The molecule has 0 spiro atoms. The van der Waals surface area contributed by atoms with Gasteiger partial charge in [-0.15, -0.1) is 24.0 Å². The molecule has 2 aliphatic rings. The Bertz CT molecular complexity index is 884. The van der Waals surface area contributed by atoms with Crippen molar-refractivity contribution < 1.29 is 4.79 Å². The molecule has 0 radical (unpaired) electrons. The summed E-state index contributed by atoms with van der Waals surface area (Å²) in [6.45, 7) is 5.68. The molecule has 0 bridgehead atoms. The number of hydrogen-bond acceptors (Lipinski definition) is 5. The molecule has 1 amide bonds. The lowest BCUT2D eigenvalue weighted by atomic mass is 10.1. The molecule has 2 aromatic rings. The SMILES string of the molecule is CN=C(NCc1ccccc1CN1CCCC1=O)N1CCN(c2ncccn2)CC1.I. The molecular weight excluding hydrogens is 505 g/mol. The number of anilines is 1. The van der Waals surface area contributed by atoms with Gasteiger partial charge in [0.05, 0.1) is 0 Å². The molecule has 4 rings (SSSR count). The summed E-state index contributed by atoms with van der Waals surface area (Å²) < 4.78 is 0. The largest absolute Gasteiger partial charge is 0.352 e. The predicted molar refractivity (Wildman–Crippen MR) is 133 cm³/mol. The third-order valence-electron chi connectivity index (χ3n) is 5.71. The lowest BCUT2D eigenvalue weighted by molar-refractivity contribution is -0.128. The van der Waals surface area contributed by atoms with Crippen LogP contribution in [-0.4, -0.2) is 71.4 Å². The molecule has 8 nitrogen and oxygen atoms in total. The van der Waals surface area contributed by atoms with Crippen molar-refractivity contribution in [1.82, 2.24) is 25.1 Å². The van der Waals surface area contributed by atoms with Crippen molar-refractivity contribution in [3.8, 4) is 0 Å². The molecule has 0 aliphatic carbocycles. The van der Waals surface area contributed by atoms with E-state index >= 15 is 0 Å². The summed E-state index contributed by atoms with van der Waals surface area (Å²) in [6.07, 6.45) is 5.20. The van der Waals surface area contributed by atoms with Crippen LogP contribution in [0.25, 0.3) is 0 Å². The minimum absolute atomic E-state index is 0. The number of aliphatic imine (C=N–C) groups is 1. The van der Waals surface area contributed by atoms with Crippen LogP contribution in [0.2, 0.25) is 0 Å². The zero-order valence-corrected chi connectivity index (χ0v) is 20.2. The third kappa shape index (κ3) is 5.84. The number of aromatic nitrogens is 2. The third-order valence-corrected chi connectivity index (χ3v) is 5.71.